The van der Waals surface area contributed by atoms with Crippen LogP contribution in [0.15, 0.2) is 72.8 Å². The Morgan fingerprint density at radius 2 is 1.50 bits per heavy atom. The van der Waals surface area contributed by atoms with E-state index in [-0.39, 0.29) is 23.9 Å². The molecule has 3 aromatic rings. The monoisotopic (exact) mass is 406 g/mol. The highest BCUT2D eigenvalue weighted by atomic mass is 19.1. The maximum atomic E-state index is 13.2. The molecule has 0 aliphatic carbocycles. The number of halogens is 1. The van der Waals surface area contributed by atoms with Crippen LogP contribution in [0.2, 0.25) is 0 Å². The number of hydrogen-bond donors (Lipinski definition) is 1. The number of nitro benzene ring substituents is 1. The standard InChI is InChI=1S/C24H23FN2O3/c1-16(2)17-3-5-18(6-4-17)23(15-24(28)19-7-9-20(25)10-8-19)26-21-11-13-22(14-12-21)27(29)30/h3-14,16,23,26H,15H2,1-2H3/t23-/m0/s1. The molecule has 3 aromatic carbocycles. The Morgan fingerprint density at radius 1 is 0.933 bits per heavy atom. The summed E-state index contributed by atoms with van der Waals surface area (Å²) in [6, 6.07) is 19.3. The average Bonchev–Trinajstić information content (AvgIpc) is 2.74. The van der Waals surface area contributed by atoms with E-state index in [1.807, 2.05) is 24.3 Å². The number of ketones is 1. The van der Waals surface area contributed by atoms with Crippen LogP contribution in [0.1, 0.15) is 53.7 Å². The van der Waals surface area contributed by atoms with Crippen molar-refractivity contribution in [2.45, 2.75) is 32.2 Å². The maximum absolute atomic E-state index is 13.2. The molecule has 0 aromatic heterocycles. The molecule has 0 unspecified atom stereocenters. The van der Waals surface area contributed by atoms with Gasteiger partial charge in [-0.1, -0.05) is 38.1 Å². The number of anilines is 1. The van der Waals surface area contributed by atoms with Crippen LogP contribution in [0.4, 0.5) is 15.8 Å². The number of nitrogens with one attached hydrogen (secondary N) is 1. The Bertz CT molecular complexity index is 1010. The molecule has 0 fully saturated rings. The zero-order chi connectivity index (χ0) is 21.7. The minimum absolute atomic E-state index is 0.000717. The third kappa shape index (κ3) is 5.29. The topological polar surface area (TPSA) is 72.2 Å². The number of carbonyl (C=O) groups is 1. The van der Waals surface area contributed by atoms with Gasteiger partial charge in [-0.05, 0) is 53.4 Å². The minimum atomic E-state index is -0.454. The summed E-state index contributed by atoms with van der Waals surface area (Å²) in [7, 11) is 0. The van der Waals surface area contributed by atoms with Crippen LogP contribution in [-0.4, -0.2) is 10.7 Å². The van der Waals surface area contributed by atoms with Crippen LogP contribution >= 0.6 is 0 Å². The highest BCUT2D eigenvalue weighted by Crippen LogP contribution is 2.27. The van der Waals surface area contributed by atoms with Gasteiger partial charge in [0.25, 0.3) is 5.69 Å². The fourth-order valence-electron chi connectivity index (χ4n) is 3.19. The Hall–Kier alpha value is -3.54. The number of non-ortho nitro benzene ring substituents is 1. The summed E-state index contributed by atoms with van der Waals surface area (Å²) < 4.78 is 13.2. The van der Waals surface area contributed by atoms with Crippen molar-refractivity contribution in [3.05, 3.63) is 105 Å². The number of benzene rings is 3. The van der Waals surface area contributed by atoms with Crippen LogP contribution in [0.5, 0.6) is 0 Å². The molecule has 0 heterocycles. The zero-order valence-electron chi connectivity index (χ0n) is 16.8. The molecular formula is C24H23FN2O3. The van der Waals surface area contributed by atoms with Gasteiger partial charge in [-0.25, -0.2) is 4.39 Å². The Labute approximate surface area is 174 Å². The predicted octanol–water partition coefficient (Wildman–Crippen LogP) is 6.28. The van der Waals surface area contributed by atoms with E-state index in [2.05, 4.69) is 19.2 Å². The van der Waals surface area contributed by atoms with Crippen LogP contribution < -0.4 is 5.32 Å². The van der Waals surface area contributed by atoms with Crippen LogP contribution in [-0.2, 0) is 0 Å². The molecule has 0 bridgehead atoms. The average molecular weight is 406 g/mol. The van der Waals surface area contributed by atoms with Gasteiger partial charge in [-0.2, -0.15) is 0 Å². The van der Waals surface area contributed by atoms with E-state index in [4.69, 9.17) is 0 Å². The minimum Gasteiger partial charge on any atom is -0.378 e. The molecule has 1 N–H and O–H groups in total. The van der Waals surface area contributed by atoms with Crippen molar-refractivity contribution in [1.82, 2.24) is 0 Å². The number of hydrogen-bond acceptors (Lipinski definition) is 4. The molecule has 3 rings (SSSR count). The first-order valence-electron chi connectivity index (χ1n) is 9.73. The first-order valence-corrected chi connectivity index (χ1v) is 9.73. The summed E-state index contributed by atoms with van der Waals surface area (Å²) in [5, 5.41) is 14.2. The van der Waals surface area contributed by atoms with Crippen molar-refractivity contribution in [1.29, 1.82) is 0 Å². The van der Waals surface area contributed by atoms with E-state index in [0.717, 1.165) is 5.56 Å². The third-order valence-electron chi connectivity index (χ3n) is 4.98. The second-order valence-corrected chi connectivity index (χ2v) is 7.46. The normalized spacial score (nSPS) is 11.9. The Kier molecular flexibility index (Phi) is 6.57. The molecule has 0 aliphatic rings. The lowest BCUT2D eigenvalue weighted by Crippen LogP contribution is -2.16. The van der Waals surface area contributed by atoms with Gasteiger partial charge in [0, 0.05) is 29.8 Å². The number of nitro groups is 1. The molecule has 0 aliphatic heterocycles. The van der Waals surface area contributed by atoms with Gasteiger partial charge in [-0.3, -0.25) is 14.9 Å². The SMILES string of the molecule is CC(C)c1ccc([C@H](CC(=O)c2ccc(F)cc2)Nc2ccc([N+](=O)[O-])cc2)cc1. The first-order chi connectivity index (χ1) is 14.3. The summed E-state index contributed by atoms with van der Waals surface area (Å²) >= 11 is 0. The molecule has 0 spiro atoms. The highest BCUT2D eigenvalue weighted by molar-refractivity contribution is 5.96. The van der Waals surface area contributed by atoms with Gasteiger partial charge in [-0.15, -0.1) is 0 Å². The fourth-order valence-corrected chi connectivity index (χ4v) is 3.19. The Balaban J connectivity index is 1.86. The second kappa shape index (κ2) is 9.31. The second-order valence-electron chi connectivity index (χ2n) is 7.46. The summed E-state index contributed by atoms with van der Waals surface area (Å²) in [5.74, 6) is -0.125. The molecule has 0 saturated carbocycles. The van der Waals surface area contributed by atoms with E-state index in [0.29, 0.717) is 17.2 Å². The van der Waals surface area contributed by atoms with Gasteiger partial charge in [0.2, 0.25) is 0 Å². The largest absolute Gasteiger partial charge is 0.378 e. The van der Waals surface area contributed by atoms with Crippen molar-refractivity contribution in [2.75, 3.05) is 5.32 Å². The molecule has 0 radical (unpaired) electrons. The molecule has 6 heteroatoms. The molecular weight excluding hydrogens is 383 g/mol. The zero-order valence-corrected chi connectivity index (χ0v) is 16.8. The summed E-state index contributed by atoms with van der Waals surface area (Å²) in [6.07, 6.45) is 0.156. The molecule has 0 saturated heterocycles. The quantitative estimate of drug-likeness (QED) is 0.271. The first kappa shape index (κ1) is 21.2. The van der Waals surface area contributed by atoms with Crippen molar-refractivity contribution in [3.63, 3.8) is 0 Å². The molecule has 5 nitrogen and oxygen atoms in total. The lowest BCUT2D eigenvalue weighted by atomic mass is 9.95. The van der Waals surface area contributed by atoms with E-state index >= 15 is 0 Å². The van der Waals surface area contributed by atoms with E-state index < -0.39 is 10.7 Å². The molecule has 30 heavy (non-hydrogen) atoms. The van der Waals surface area contributed by atoms with Gasteiger partial charge < -0.3 is 5.32 Å². The molecule has 154 valence electrons. The highest BCUT2D eigenvalue weighted by Gasteiger charge is 2.18. The number of nitrogens with zero attached hydrogens (tertiary/aromatic N) is 1. The molecule has 1 atom stereocenters. The van der Waals surface area contributed by atoms with Gasteiger partial charge in [0.05, 0.1) is 11.0 Å². The lowest BCUT2D eigenvalue weighted by Gasteiger charge is -2.21. The van der Waals surface area contributed by atoms with Crippen LogP contribution in [0.3, 0.4) is 0 Å². The van der Waals surface area contributed by atoms with Crippen molar-refractivity contribution in [2.24, 2.45) is 0 Å². The van der Waals surface area contributed by atoms with Gasteiger partial charge >= 0.3 is 0 Å². The summed E-state index contributed by atoms with van der Waals surface area (Å²) in [4.78, 5) is 23.2. The van der Waals surface area contributed by atoms with E-state index in [1.54, 1.807) is 12.1 Å². The van der Waals surface area contributed by atoms with E-state index in [9.17, 15) is 19.3 Å². The van der Waals surface area contributed by atoms with Crippen molar-refractivity contribution >= 4 is 17.2 Å². The number of rotatable bonds is 8. The Morgan fingerprint density at radius 3 is 2.03 bits per heavy atom. The predicted molar refractivity (Wildman–Crippen MR) is 115 cm³/mol. The van der Waals surface area contributed by atoms with Crippen LogP contribution in [0, 0.1) is 15.9 Å². The van der Waals surface area contributed by atoms with Crippen LogP contribution in [0.25, 0.3) is 0 Å². The van der Waals surface area contributed by atoms with Crippen molar-refractivity contribution < 1.29 is 14.1 Å². The summed E-state index contributed by atoms with van der Waals surface area (Å²) in [5.41, 5.74) is 3.22. The van der Waals surface area contributed by atoms with Crippen molar-refractivity contribution in [3.8, 4) is 0 Å². The third-order valence-corrected chi connectivity index (χ3v) is 4.98. The van der Waals surface area contributed by atoms with Gasteiger partial charge in [0.15, 0.2) is 5.78 Å². The van der Waals surface area contributed by atoms with E-state index in [1.165, 1.54) is 42.0 Å². The summed E-state index contributed by atoms with van der Waals surface area (Å²) in [6.45, 7) is 4.22. The maximum Gasteiger partial charge on any atom is 0.269 e. The smallest absolute Gasteiger partial charge is 0.269 e. The van der Waals surface area contributed by atoms with Gasteiger partial charge in [0.1, 0.15) is 5.82 Å². The molecule has 0 amide bonds. The lowest BCUT2D eigenvalue weighted by molar-refractivity contribution is -0.384. The number of Topliss-reactive ketones (excluding diaryl/α,β-unsaturated/α-hetero) is 1. The number of carbonyl (C=O) groups excluding carboxylic acids is 1. The fraction of sp³-hybridized carbons (Fsp3) is 0.208.